The molecule has 0 heterocycles. The largest absolute Gasteiger partial charge is 0.416 e. The van der Waals surface area contributed by atoms with E-state index < -0.39 is 47.7 Å². The molecule has 4 rings (SSSR count). The van der Waals surface area contributed by atoms with E-state index in [2.05, 4.69) is 48.3 Å². The molecule has 0 bridgehead atoms. The SMILES string of the molecule is C[C@@H](CN(C)CC[C@H](C(=O)NCc1cc(C(F)(F)F)cc(C(F)(F)F)c1)c1ccc(F)cc1)[C@@]1(C)C=Cc2ccccc21. The first kappa shape index (κ1) is 32.3. The molecule has 1 amide bonds. The van der Waals surface area contributed by atoms with Crippen LogP contribution in [0.25, 0.3) is 6.08 Å². The third-order valence-corrected chi connectivity index (χ3v) is 8.26. The van der Waals surface area contributed by atoms with Crippen LogP contribution in [-0.4, -0.2) is 30.9 Å². The molecule has 10 heteroatoms. The number of nitrogens with one attached hydrogen (secondary N) is 1. The average Bonchev–Trinajstić information content (AvgIpc) is 3.29. The molecule has 1 N–H and O–H groups in total. The zero-order chi connectivity index (χ0) is 31.6. The topological polar surface area (TPSA) is 32.3 Å². The molecular formula is C33H33F7N2O. The number of halogens is 7. The summed E-state index contributed by atoms with van der Waals surface area (Å²) in [5, 5.41) is 2.50. The van der Waals surface area contributed by atoms with Gasteiger partial charge in [0.15, 0.2) is 0 Å². The Balaban J connectivity index is 1.47. The van der Waals surface area contributed by atoms with Gasteiger partial charge < -0.3 is 10.2 Å². The fourth-order valence-electron chi connectivity index (χ4n) is 5.59. The zero-order valence-corrected chi connectivity index (χ0v) is 24.0. The third-order valence-electron chi connectivity index (χ3n) is 8.26. The van der Waals surface area contributed by atoms with Gasteiger partial charge >= 0.3 is 12.4 Å². The lowest BCUT2D eigenvalue weighted by atomic mass is 9.74. The molecule has 1 aliphatic rings. The van der Waals surface area contributed by atoms with Crippen LogP contribution >= 0.6 is 0 Å². The molecule has 1 aliphatic carbocycles. The quantitative estimate of drug-likeness (QED) is 0.236. The van der Waals surface area contributed by atoms with Gasteiger partial charge in [-0.25, -0.2) is 4.39 Å². The first-order valence-electron chi connectivity index (χ1n) is 13.9. The Bertz CT molecular complexity index is 1430. The van der Waals surface area contributed by atoms with Crippen molar-refractivity contribution in [2.24, 2.45) is 5.92 Å². The lowest BCUT2D eigenvalue weighted by molar-refractivity contribution is -0.143. The van der Waals surface area contributed by atoms with Crippen molar-refractivity contribution in [3.8, 4) is 0 Å². The lowest BCUT2D eigenvalue weighted by Crippen LogP contribution is -2.37. The van der Waals surface area contributed by atoms with E-state index in [1.807, 2.05) is 19.2 Å². The van der Waals surface area contributed by atoms with Crippen LogP contribution in [-0.2, 0) is 29.1 Å². The van der Waals surface area contributed by atoms with Crippen molar-refractivity contribution in [3.63, 3.8) is 0 Å². The van der Waals surface area contributed by atoms with Crippen molar-refractivity contribution in [2.75, 3.05) is 20.1 Å². The summed E-state index contributed by atoms with van der Waals surface area (Å²) in [6.07, 6.45) is -5.39. The van der Waals surface area contributed by atoms with Crippen LogP contribution in [0.2, 0.25) is 0 Å². The van der Waals surface area contributed by atoms with Crippen molar-refractivity contribution >= 4 is 12.0 Å². The molecule has 0 unspecified atom stereocenters. The number of carbonyl (C=O) groups is 1. The van der Waals surface area contributed by atoms with Crippen LogP contribution < -0.4 is 5.32 Å². The zero-order valence-electron chi connectivity index (χ0n) is 24.0. The maximum atomic E-state index is 13.6. The summed E-state index contributed by atoms with van der Waals surface area (Å²) in [6.45, 7) is 4.94. The smallest absolute Gasteiger partial charge is 0.351 e. The first-order valence-corrected chi connectivity index (χ1v) is 13.9. The third kappa shape index (κ3) is 7.65. The number of carbonyl (C=O) groups excluding carboxylic acids is 1. The molecule has 230 valence electrons. The van der Waals surface area contributed by atoms with E-state index >= 15 is 0 Å². The summed E-state index contributed by atoms with van der Waals surface area (Å²) in [5.41, 5.74) is -0.522. The van der Waals surface area contributed by atoms with Gasteiger partial charge in [-0.1, -0.05) is 62.4 Å². The number of allylic oxidation sites excluding steroid dienone is 1. The van der Waals surface area contributed by atoms with Crippen molar-refractivity contribution in [1.82, 2.24) is 10.2 Å². The number of fused-ring (bicyclic) bond motifs is 1. The van der Waals surface area contributed by atoms with E-state index in [0.29, 0.717) is 37.2 Å². The molecule has 0 aliphatic heterocycles. The van der Waals surface area contributed by atoms with Crippen LogP contribution in [0.1, 0.15) is 59.6 Å². The second-order valence-corrected chi connectivity index (χ2v) is 11.4. The fraction of sp³-hybridized carbons (Fsp3) is 0.364. The number of hydrogen-bond acceptors (Lipinski definition) is 2. The van der Waals surface area contributed by atoms with Crippen molar-refractivity contribution in [2.45, 2.75) is 50.5 Å². The van der Waals surface area contributed by atoms with Gasteiger partial charge in [0.05, 0.1) is 17.0 Å². The fourth-order valence-corrected chi connectivity index (χ4v) is 5.59. The van der Waals surface area contributed by atoms with Gasteiger partial charge in [0.1, 0.15) is 5.82 Å². The van der Waals surface area contributed by atoms with Crippen LogP contribution in [0.5, 0.6) is 0 Å². The molecule has 0 aromatic heterocycles. The number of amides is 1. The molecule has 0 radical (unpaired) electrons. The minimum Gasteiger partial charge on any atom is -0.351 e. The number of alkyl halides is 6. The maximum absolute atomic E-state index is 13.6. The van der Waals surface area contributed by atoms with Crippen LogP contribution in [0, 0.1) is 11.7 Å². The van der Waals surface area contributed by atoms with E-state index in [4.69, 9.17) is 0 Å². The standard InChI is InChI=1S/C33H33F7N2O/c1-21(31(2)14-12-24-6-4-5-7-29(24)31)20-42(3)15-13-28(23-8-10-27(34)11-9-23)30(43)41-19-22-16-25(32(35,36)37)18-26(17-22)33(38,39)40/h4-12,14,16-18,21,28H,13,15,19-20H2,1-3H3,(H,41,43)/t21-,28-,31+/m0/s1. The molecule has 3 aromatic carbocycles. The highest BCUT2D eigenvalue weighted by Gasteiger charge is 2.37. The summed E-state index contributed by atoms with van der Waals surface area (Å²) in [4.78, 5) is 15.4. The molecule has 0 spiro atoms. The summed E-state index contributed by atoms with van der Waals surface area (Å²) >= 11 is 0. The Morgan fingerprint density at radius 2 is 1.53 bits per heavy atom. The Kier molecular flexibility index (Phi) is 9.39. The predicted octanol–water partition coefficient (Wildman–Crippen LogP) is 8.21. The van der Waals surface area contributed by atoms with Gasteiger partial charge in [-0.15, -0.1) is 0 Å². The second-order valence-electron chi connectivity index (χ2n) is 11.4. The second kappa shape index (κ2) is 12.5. The number of hydrogen-bond donors (Lipinski definition) is 1. The Hall–Kier alpha value is -3.66. The molecule has 3 nitrogen and oxygen atoms in total. The van der Waals surface area contributed by atoms with Crippen LogP contribution in [0.3, 0.4) is 0 Å². The van der Waals surface area contributed by atoms with Crippen LogP contribution in [0.4, 0.5) is 30.7 Å². The van der Waals surface area contributed by atoms with Gasteiger partial charge in [0.2, 0.25) is 5.91 Å². The normalized spacial score (nSPS) is 18.0. The minimum absolute atomic E-state index is 0.0455. The Labute approximate surface area is 246 Å². The predicted molar refractivity (Wildman–Crippen MR) is 152 cm³/mol. The molecular weight excluding hydrogens is 573 g/mol. The lowest BCUT2D eigenvalue weighted by Gasteiger charge is -2.34. The molecule has 43 heavy (non-hydrogen) atoms. The number of benzene rings is 3. The minimum atomic E-state index is -4.99. The maximum Gasteiger partial charge on any atom is 0.416 e. The summed E-state index contributed by atoms with van der Waals surface area (Å²) < 4.78 is 93.4. The van der Waals surface area contributed by atoms with Gasteiger partial charge in [-0.3, -0.25) is 4.79 Å². The molecule has 0 saturated heterocycles. The van der Waals surface area contributed by atoms with Gasteiger partial charge in [-0.05, 0) is 78.5 Å². The molecule has 3 aromatic rings. The van der Waals surface area contributed by atoms with Crippen molar-refractivity contribution in [1.29, 1.82) is 0 Å². The van der Waals surface area contributed by atoms with E-state index in [1.165, 1.54) is 35.4 Å². The summed E-state index contributed by atoms with van der Waals surface area (Å²) in [5.74, 6) is -1.69. The molecule has 0 fully saturated rings. The van der Waals surface area contributed by atoms with E-state index in [0.717, 1.165) is 0 Å². The Morgan fingerprint density at radius 3 is 2.14 bits per heavy atom. The first-order chi connectivity index (χ1) is 20.1. The molecule has 0 saturated carbocycles. The summed E-state index contributed by atoms with van der Waals surface area (Å²) in [6, 6.07) is 14.7. The number of rotatable bonds is 10. The van der Waals surface area contributed by atoms with Crippen molar-refractivity contribution in [3.05, 3.63) is 112 Å². The van der Waals surface area contributed by atoms with Gasteiger partial charge in [0, 0.05) is 18.5 Å². The van der Waals surface area contributed by atoms with E-state index in [-0.39, 0.29) is 23.0 Å². The van der Waals surface area contributed by atoms with E-state index in [9.17, 15) is 35.5 Å². The highest BCUT2D eigenvalue weighted by atomic mass is 19.4. The van der Waals surface area contributed by atoms with E-state index in [1.54, 1.807) is 0 Å². The monoisotopic (exact) mass is 606 g/mol. The highest BCUT2D eigenvalue weighted by Crippen LogP contribution is 2.41. The van der Waals surface area contributed by atoms with Crippen LogP contribution in [0.15, 0.2) is 72.8 Å². The summed E-state index contributed by atoms with van der Waals surface area (Å²) in [7, 11) is 1.92. The highest BCUT2D eigenvalue weighted by molar-refractivity contribution is 5.83. The molecule has 3 atom stereocenters. The number of nitrogens with zero attached hydrogens (tertiary/aromatic N) is 1. The van der Waals surface area contributed by atoms with Gasteiger partial charge in [0.25, 0.3) is 0 Å². The average molecular weight is 607 g/mol. The Morgan fingerprint density at radius 1 is 0.930 bits per heavy atom. The van der Waals surface area contributed by atoms with Crippen molar-refractivity contribution < 1.29 is 35.5 Å². The van der Waals surface area contributed by atoms with Gasteiger partial charge in [-0.2, -0.15) is 26.3 Å².